The SMILES string of the molecule is CCC[C@]1(CO)CCN(C(=O)c2cc(C)nc3c(C)c(C)ccc23)C[C@H]1O. The van der Waals surface area contributed by atoms with Crippen molar-refractivity contribution in [3.63, 3.8) is 0 Å². The van der Waals surface area contributed by atoms with Gasteiger partial charge in [-0.3, -0.25) is 9.78 Å². The van der Waals surface area contributed by atoms with Gasteiger partial charge in [0.2, 0.25) is 0 Å². The fourth-order valence-corrected chi connectivity index (χ4v) is 4.26. The molecule has 1 aromatic carbocycles. The molecule has 1 aromatic heterocycles. The minimum atomic E-state index is -0.710. The molecule has 2 atom stereocenters. The number of likely N-dealkylation sites (tertiary alicyclic amines) is 1. The fourth-order valence-electron chi connectivity index (χ4n) is 4.26. The summed E-state index contributed by atoms with van der Waals surface area (Å²) >= 11 is 0. The molecule has 5 heteroatoms. The van der Waals surface area contributed by atoms with Crippen molar-refractivity contribution < 1.29 is 15.0 Å². The van der Waals surface area contributed by atoms with Gasteiger partial charge in [-0.25, -0.2) is 0 Å². The zero-order chi connectivity index (χ0) is 19.8. The number of hydrogen-bond donors (Lipinski definition) is 2. The number of pyridine rings is 1. The molecule has 27 heavy (non-hydrogen) atoms. The lowest BCUT2D eigenvalue weighted by molar-refractivity contribution is -0.0713. The molecular formula is C22H30N2O3. The van der Waals surface area contributed by atoms with Crippen LogP contribution in [-0.4, -0.2) is 51.8 Å². The molecule has 0 bridgehead atoms. The molecule has 1 amide bonds. The van der Waals surface area contributed by atoms with E-state index < -0.39 is 11.5 Å². The van der Waals surface area contributed by atoms with Gasteiger partial charge in [-0.05, 0) is 50.8 Å². The quantitative estimate of drug-likeness (QED) is 0.867. The van der Waals surface area contributed by atoms with Crippen molar-refractivity contribution in [2.45, 2.75) is 53.1 Å². The van der Waals surface area contributed by atoms with E-state index in [2.05, 4.69) is 11.9 Å². The highest BCUT2D eigenvalue weighted by Gasteiger charge is 2.42. The Hall–Kier alpha value is -1.98. The highest BCUT2D eigenvalue weighted by molar-refractivity contribution is 6.07. The Morgan fingerprint density at radius 3 is 2.70 bits per heavy atom. The van der Waals surface area contributed by atoms with Crippen molar-refractivity contribution in [2.75, 3.05) is 19.7 Å². The zero-order valence-corrected chi connectivity index (χ0v) is 16.7. The molecule has 0 spiro atoms. The molecule has 3 rings (SSSR count). The number of fused-ring (bicyclic) bond motifs is 1. The minimum Gasteiger partial charge on any atom is -0.396 e. The summed E-state index contributed by atoms with van der Waals surface area (Å²) in [5.74, 6) is -0.0733. The monoisotopic (exact) mass is 370 g/mol. The maximum absolute atomic E-state index is 13.3. The lowest BCUT2D eigenvalue weighted by atomic mass is 9.73. The van der Waals surface area contributed by atoms with Crippen LogP contribution < -0.4 is 0 Å². The van der Waals surface area contributed by atoms with Crippen LogP contribution in [0.5, 0.6) is 0 Å². The summed E-state index contributed by atoms with van der Waals surface area (Å²) in [4.78, 5) is 19.7. The van der Waals surface area contributed by atoms with Crippen molar-refractivity contribution >= 4 is 16.8 Å². The second-order valence-corrected chi connectivity index (χ2v) is 8.00. The van der Waals surface area contributed by atoms with E-state index in [1.807, 2.05) is 39.0 Å². The Labute approximate surface area is 161 Å². The van der Waals surface area contributed by atoms with E-state index in [4.69, 9.17) is 0 Å². The number of aliphatic hydroxyl groups excluding tert-OH is 2. The Morgan fingerprint density at radius 2 is 2.07 bits per heavy atom. The third-order valence-electron chi connectivity index (χ3n) is 6.19. The molecule has 0 saturated carbocycles. The van der Waals surface area contributed by atoms with Gasteiger partial charge in [0.05, 0.1) is 23.8 Å². The second-order valence-electron chi connectivity index (χ2n) is 8.00. The van der Waals surface area contributed by atoms with E-state index in [1.54, 1.807) is 4.90 Å². The number of benzene rings is 1. The molecule has 2 aromatic rings. The van der Waals surface area contributed by atoms with Crippen LogP contribution in [0.3, 0.4) is 0 Å². The van der Waals surface area contributed by atoms with Gasteiger partial charge in [0.15, 0.2) is 0 Å². The number of nitrogens with zero attached hydrogens (tertiary/aromatic N) is 2. The Kier molecular flexibility index (Phi) is 5.54. The first-order valence-corrected chi connectivity index (χ1v) is 9.78. The van der Waals surface area contributed by atoms with Crippen molar-refractivity contribution in [3.05, 3.63) is 40.6 Å². The second kappa shape index (κ2) is 7.56. The van der Waals surface area contributed by atoms with E-state index in [0.717, 1.165) is 40.6 Å². The van der Waals surface area contributed by atoms with Gasteiger partial charge in [0.25, 0.3) is 5.91 Å². The highest BCUT2D eigenvalue weighted by atomic mass is 16.3. The molecule has 1 aliphatic rings. The van der Waals surface area contributed by atoms with Crippen LogP contribution in [0.15, 0.2) is 18.2 Å². The zero-order valence-electron chi connectivity index (χ0n) is 16.7. The number of carbonyl (C=O) groups excluding carboxylic acids is 1. The van der Waals surface area contributed by atoms with Crippen LogP contribution in [0.25, 0.3) is 10.9 Å². The van der Waals surface area contributed by atoms with Gasteiger partial charge in [-0.1, -0.05) is 25.5 Å². The summed E-state index contributed by atoms with van der Waals surface area (Å²) in [5, 5.41) is 21.4. The van der Waals surface area contributed by atoms with Crippen LogP contribution in [0, 0.1) is 26.2 Å². The molecule has 2 N–H and O–H groups in total. The lowest BCUT2D eigenvalue weighted by Gasteiger charge is -2.44. The van der Waals surface area contributed by atoms with E-state index in [-0.39, 0.29) is 19.1 Å². The van der Waals surface area contributed by atoms with Crippen LogP contribution >= 0.6 is 0 Å². The van der Waals surface area contributed by atoms with Gasteiger partial charge in [0, 0.05) is 29.6 Å². The van der Waals surface area contributed by atoms with Crippen molar-refractivity contribution in [1.82, 2.24) is 9.88 Å². The van der Waals surface area contributed by atoms with Gasteiger partial charge in [0.1, 0.15) is 0 Å². The predicted octanol–water partition coefficient (Wildman–Crippen LogP) is 3.15. The number of amides is 1. The maximum Gasteiger partial charge on any atom is 0.254 e. The first kappa shape index (κ1) is 19.8. The summed E-state index contributed by atoms with van der Waals surface area (Å²) in [5.41, 5.74) is 4.07. The third kappa shape index (κ3) is 3.46. The van der Waals surface area contributed by atoms with E-state index in [9.17, 15) is 15.0 Å². The number of aliphatic hydroxyl groups is 2. The average molecular weight is 370 g/mol. The Balaban J connectivity index is 1.95. The molecule has 0 radical (unpaired) electrons. The van der Waals surface area contributed by atoms with E-state index >= 15 is 0 Å². The predicted molar refractivity (Wildman–Crippen MR) is 107 cm³/mol. The van der Waals surface area contributed by atoms with Crippen molar-refractivity contribution in [1.29, 1.82) is 0 Å². The molecule has 5 nitrogen and oxygen atoms in total. The Morgan fingerprint density at radius 1 is 1.33 bits per heavy atom. The number of hydrogen-bond acceptors (Lipinski definition) is 4. The van der Waals surface area contributed by atoms with E-state index in [0.29, 0.717) is 18.5 Å². The molecule has 146 valence electrons. The summed E-state index contributed by atoms with van der Waals surface area (Å²) in [6.45, 7) is 8.79. The molecule has 1 fully saturated rings. The summed E-state index contributed by atoms with van der Waals surface area (Å²) in [7, 11) is 0. The molecular weight excluding hydrogens is 340 g/mol. The number of β-amino-alcohol motifs (C(OH)–C–C–N with tert-alkyl or cyclic N) is 1. The molecule has 2 heterocycles. The topological polar surface area (TPSA) is 73.7 Å². The minimum absolute atomic E-state index is 0.0419. The molecule has 0 aliphatic carbocycles. The molecule has 1 saturated heterocycles. The van der Waals surface area contributed by atoms with Crippen molar-refractivity contribution in [3.8, 4) is 0 Å². The molecule has 1 aliphatic heterocycles. The number of rotatable bonds is 4. The summed E-state index contributed by atoms with van der Waals surface area (Å²) < 4.78 is 0. The number of aryl methyl sites for hydroxylation is 3. The number of piperidine rings is 1. The molecule has 0 unspecified atom stereocenters. The maximum atomic E-state index is 13.3. The van der Waals surface area contributed by atoms with Crippen molar-refractivity contribution in [2.24, 2.45) is 5.41 Å². The lowest BCUT2D eigenvalue weighted by Crippen LogP contribution is -2.54. The van der Waals surface area contributed by atoms with E-state index in [1.165, 1.54) is 0 Å². The van der Waals surface area contributed by atoms with Crippen LogP contribution in [0.1, 0.15) is 53.4 Å². The number of aromatic nitrogens is 1. The Bertz CT molecular complexity index is 864. The standard InChI is InChI=1S/C22H30N2O3/c1-5-8-22(13-25)9-10-24(12-19(22)26)21(27)18-11-15(3)23-20-16(4)14(2)6-7-17(18)20/h6-7,11,19,25-26H,5,8-10,12-13H2,1-4H3/t19-,22-/m1/s1. The third-order valence-corrected chi connectivity index (χ3v) is 6.19. The number of carbonyl (C=O) groups is 1. The van der Waals surface area contributed by atoms with Crippen LogP contribution in [-0.2, 0) is 0 Å². The first-order valence-electron chi connectivity index (χ1n) is 9.78. The summed E-state index contributed by atoms with van der Waals surface area (Å²) in [6, 6.07) is 5.83. The van der Waals surface area contributed by atoms with Gasteiger partial charge in [-0.2, -0.15) is 0 Å². The summed E-state index contributed by atoms with van der Waals surface area (Å²) in [6.07, 6.45) is 1.57. The first-order chi connectivity index (χ1) is 12.8. The largest absolute Gasteiger partial charge is 0.396 e. The normalized spacial score (nSPS) is 23.0. The average Bonchev–Trinajstić information content (AvgIpc) is 2.65. The van der Waals surface area contributed by atoms with Gasteiger partial charge in [-0.15, -0.1) is 0 Å². The van der Waals surface area contributed by atoms with Gasteiger partial charge < -0.3 is 15.1 Å². The van der Waals surface area contributed by atoms with Gasteiger partial charge >= 0.3 is 0 Å². The highest BCUT2D eigenvalue weighted by Crippen LogP contribution is 2.37. The van der Waals surface area contributed by atoms with Crippen LogP contribution in [0.2, 0.25) is 0 Å². The van der Waals surface area contributed by atoms with Crippen LogP contribution in [0.4, 0.5) is 0 Å². The smallest absolute Gasteiger partial charge is 0.254 e. The fraction of sp³-hybridized carbons (Fsp3) is 0.545.